The van der Waals surface area contributed by atoms with Crippen molar-refractivity contribution >= 4 is 17.5 Å². The number of benzene rings is 2. The summed E-state index contributed by atoms with van der Waals surface area (Å²) in [5.41, 5.74) is 4.34. The summed E-state index contributed by atoms with van der Waals surface area (Å²) in [6.45, 7) is 3.50. The summed E-state index contributed by atoms with van der Waals surface area (Å²) >= 11 is 0. The Morgan fingerprint density at radius 1 is 1.00 bits per heavy atom. The van der Waals surface area contributed by atoms with Crippen LogP contribution in [-0.4, -0.2) is 44.0 Å². The van der Waals surface area contributed by atoms with Crippen LogP contribution in [0.1, 0.15) is 48.9 Å². The first-order chi connectivity index (χ1) is 14.9. The molecule has 2 amide bonds. The molecule has 1 aliphatic carbocycles. The summed E-state index contributed by atoms with van der Waals surface area (Å²) in [4.78, 5) is 26.8. The lowest BCUT2D eigenvalue weighted by Crippen LogP contribution is -2.37. The Labute approximate surface area is 185 Å². The molecule has 0 saturated heterocycles. The highest BCUT2D eigenvalue weighted by Gasteiger charge is 2.18. The Bertz CT molecular complexity index is 893. The third kappa shape index (κ3) is 6.82. The summed E-state index contributed by atoms with van der Waals surface area (Å²) in [5, 5.41) is 5.44. The van der Waals surface area contributed by atoms with Crippen molar-refractivity contribution in [3.8, 4) is 5.75 Å². The maximum atomic E-state index is 12.4. The van der Waals surface area contributed by atoms with Crippen molar-refractivity contribution in [2.75, 3.05) is 32.6 Å². The van der Waals surface area contributed by atoms with Gasteiger partial charge in [0, 0.05) is 12.2 Å². The van der Waals surface area contributed by atoms with E-state index in [0.29, 0.717) is 12.3 Å². The molecule has 0 aromatic heterocycles. The average molecular weight is 424 g/mol. The number of fused-ring (bicyclic) bond motifs is 1. The van der Waals surface area contributed by atoms with Crippen LogP contribution in [0.4, 0.5) is 5.69 Å². The van der Waals surface area contributed by atoms with Crippen LogP contribution < -0.4 is 15.4 Å². The van der Waals surface area contributed by atoms with Crippen LogP contribution in [0.3, 0.4) is 0 Å². The van der Waals surface area contributed by atoms with Crippen molar-refractivity contribution in [2.45, 2.75) is 45.1 Å². The van der Waals surface area contributed by atoms with Crippen molar-refractivity contribution in [1.29, 1.82) is 0 Å². The topological polar surface area (TPSA) is 70.7 Å². The van der Waals surface area contributed by atoms with Crippen LogP contribution >= 0.6 is 0 Å². The zero-order chi connectivity index (χ0) is 22.2. The molecule has 166 valence electrons. The molecule has 0 aliphatic heterocycles. The number of hydrogen-bond acceptors (Lipinski definition) is 4. The molecule has 2 aromatic carbocycles. The lowest BCUT2D eigenvalue weighted by molar-refractivity contribution is -0.136. The Morgan fingerprint density at radius 2 is 1.71 bits per heavy atom. The molecule has 0 heterocycles. The number of nitrogens with zero attached hydrogens (tertiary/aromatic N) is 1. The highest BCUT2D eigenvalue weighted by molar-refractivity contribution is 6.39. The van der Waals surface area contributed by atoms with E-state index in [0.717, 1.165) is 37.1 Å². The quantitative estimate of drug-likeness (QED) is 0.502. The van der Waals surface area contributed by atoms with E-state index in [1.54, 1.807) is 24.3 Å². The molecule has 1 aliphatic rings. The molecule has 0 radical (unpaired) electrons. The predicted octanol–water partition coefficient (Wildman–Crippen LogP) is 3.71. The fourth-order valence-electron chi connectivity index (χ4n) is 3.76. The van der Waals surface area contributed by atoms with Gasteiger partial charge in [-0.3, -0.25) is 9.59 Å². The normalized spacial score (nSPS) is 13.9. The first kappa shape index (κ1) is 22.8. The number of ether oxygens (including phenoxy) is 1. The van der Waals surface area contributed by atoms with Gasteiger partial charge in [-0.25, -0.2) is 0 Å². The zero-order valence-corrected chi connectivity index (χ0v) is 18.7. The first-order valence-electron chi connectivity index (χ1n) is 11.0. The number of anilines is 1. The highest BCUT2D eigenvalue weighted by Crippen LogP contribution is 2.24. The van der Waals surface area contributed by atoms with Gasteiger partial charge in [-0.15, -0.1) is 0 Å². The summed E-state index contributed by atoms with van der Waals surface area (Å²) in [7, 11) is 4.06. The van der Waals surface area contributed by atoms with Crippen LogP contribution in [0, 0.1) is 0 Å². The summed E-state index contributed by atoms with van der Waals surface area (Å²) < 4.78 is 5.69. The summed E-state index contributed by atoms with van der Waals surface area (Å²) in [5.74, 6) is -0.582. The minimum Gasteiger partial charge on any atom is -0.494 e. The number of nitrogens with one attached hydrogen (secondary N) is 2. The number of amides is 2. The molecule has 0 spiro atoms. The fourth-order valence-corrected chi connectivity index (χ4v) is 3.76. The standard InChI is InChI=1S/C25H33N3O3/c1-18(20-10-9-19-7-4-5-8-21(19)17-20)26-24(29)25(30)27-22-11-13-23(14-12-22)31-16-6-15-28(2)3/h9-14,17-18H,4-8,15-16H2,1-3H3,(H,26,29)(H,27,30). The van der Waals surface area contributed by atoms with E-state index in [4.69, 9.17) is 4.74 Å². The summed E-state index contributed by atoms with van der Waals surface area (Å²) in [6, 6.07) is 13.2. The molecular weight excluding hydrogens is 390 g/mol. The Balaban J connectivity index is 1.48. The molecular formula is C25H33N3O3. The number of rotatable bonds is 8. The Morgan fingerprint density at radius 3 is 2.42 bits per heavy atom. The second-order valence-electron chi connectivity index (χ2n) is 8.41. The van der Waals surface area contributed by atoms with E-state index >= 15 is 0 Å². The number of carbonyl (C=O) groups is 2. The minimum atomic E-state index is -0.676. The molecule has 1 atom stereocenters. The molecule has 2 N–H and O–H groups in total. The summed E-state index contributed by atoms with van der Waals surface area (Å²) in [6.07, 6.45) is 5.59. The van der Waals surface area contributed by atoms with Crippen LogP contribution in [0.15, 0.2) is 42.5 Å². The first-order valence-corrected chi connectivity index (χ1v) is 11.0. The van der Waals surface area contributed by atoms with E-state index in [-0.39, 0.29) is 6.04 Å². The zero-order valence-electron chi connectivity index (χ0n) is 18.7. The van der Waals surface area contributed by atoms with Crippen molar-refractivity contribution < 1.29 is 14.3 Å². The molecule has 0 fully saturated rings. The van der Waals surface area contributed by atoms with Gasteiger partial charge < -0.3 is 20.3 Å². The van der Waals surface area contributed by atoms with Gasteiger partial charge in [-0.1, -0.05) is 18.2 Å². The van der Waals surface area contributed by atoms with Crippen LogP contribution in [-0.2, 0) is 22.4 Å². The van der Waals surface area contributed by atoms with Gasteiger partial charge >= 0.3 is 11.8 Å². The van der Waals surface area contributed by atoms with Crippen LogP contribution in [0.2, 0.25) is 0 Å². The molecule has 0 saturated carbocycles. The van der Waals surface area contributed by atoms with Gasteiger partial charge in [-0.05, 0) is 94.1 Å². The van der Waals surface area contributed by atoms with Gasteiger partial charge in [0.25, 0.3) is 0 Å². The van der Waals surface area contributed by atoms with Gasteiger partial charge in [0.05, 0.1) is 12.6 Å². The minimum absolute atomic E-state index is 0.233. The van der Waals surface area contributed by atoms with E-state index in [1.807, 2.05) is 27.1 Å². The fraction of sp³-hybridized carbons (Fsp3) is 0.440. The number of carbonyl (C=O) groups excluding carboxylic acids is 2. The van der Waals surface area contributed by atoms with E-state index in [1.165, 1.54) is 24.0 Å². The largest absolute Gasteiger partial charge is 0.494 e. The second kappa shape index (κ2) is 11.0. The van der Waals surface area contributed by atoms with Gasteiger partial charge in [-0.2, -0.15) is 0 Å². The van der Waals surface area contributed by atoms with Crippen molar-refractivity contribution in [2.24, 2.45) is 0 Å². The molecule has 0 bridgehead atoms. The third-order valence-electron chi connectivity index (χ3n) is 5.56. The lowest BCUT2D eigenvalue weighted by Gasteiger charge is -2.20. The van der Waals surface area contributed by atoms with Crippen molar-refractivity contribution in [3.63, 3.8) is 0 Å². The Hall–Kier alpha value is -2.86. The monoisotopic (exact) mass is 423 g/mol. The molecule has 1 unspecified atom stereocenters. The molecule has 3 rings (SSSR count). The van der Waals surface area contributed by atoms with Crippen LogP contribution in [0.25, 0.3) is 0 Å². The van der Waals surface area contributed by atoms with Gasteiger partial charge in [0.2, 0.25) is 0 Å². The number of hydrogen-bond donors (Lipinski definition) is 2. The molecule has 2 aromatic rings. The van der Waals surface area contributed by atoms with E-state index in [9.17, 15) is 9.59 Å². The van der Waals surface area contributed by atoms with E-state index in [2.05, 4.69) is 27.7 Å². The van der Waals surface area contributed by atoms with Crippen molar-refractivity contribution in [3.05, 3.63) is 59.2 Å². The van der Waals surface area contributed by atoms with Crippen molar-refractivity contribution in [1.82, 2.24) is 10.2 Å². The second-order valence-corrected chi connectivity index (χ2v) is 8.41. The number of aryl methyl sites for hydroxylation is 2. The van der Waals surface area contributed by atoms with Gasteiger partial charge in [0.15, 0.2) is 0 Å². The van der Waals surface area contributed by atoms with E-state index < -0.39 is 11.8 Å². The molecule has 31 heavy (non-hydrogen) atoms. The lowest BCUT2D eigenvalue weighted by atomic mass is 9.89. The Kier molecular flexibility index (Phi) is 8.06. The third-order valence-corrected chi connectivity index (χ3v) is 5.56. The predicted molar refractivity (Wildman–Crippen MR) is 123 cm³/mol. The average Bonchev–Trinajstić information content (AvgIpc) is 2.77. The maximum absolute atomic E-state index is 12.4. The maximum Gasteiger partial charge on any atom is 0.313 e. The highest BCUT2D eigenvalue weighted by atomic mass is 16.5. The van der Waals surface area contributed by atoms with Crippen LogP contribution in [0.5, 0.6) is 5.75 Å². The molecule has 6 heteroatoms. The van der Waals surface area contributed by atoms with Gasteiger partial charge in [0.1, 0.15) is 5.75 Å². The smallest absolute Gasteiger partial charge is 0.313 e. The molecule has 6 nitrogen and oxygen atoms in total. The SMILES string of the molecule is CC(NC(=O)C(=O)Nc1ccc(OCCCN(C)C)cc1)c1ccc2c(c1)CCCC2.